The molecule has 16 heavy (non-hydrogen) atoms. The molecule has 6 heteroatoms. The number of aryl methyl sites for hydroxylation is 1. The van der Waals surface area contributed by atoms with Crippen LogP contribution in [0, 0.1) is 23.0 Å². The van der Waals surface area contributed by atoms with E-state index in [1.165, 1.54) is 6.20 Å². The summed E-state index contributed by atoms with van der Waals surface area (Å²) >= 11 is 0. The fourth-order valence-corrected chi connectivity index (χ4v) is 1.97. The van der Waals surface area contributed by atoms with Crippen LogP contribution in [-0.4, -0.2) is 27.9 Å². The number of nitrogens with zero attached hydrogens (tertiary/aromatic N) is 3. The van der Waals surface area contributed by atoms with Gasteiger partial charge in [-0.15, -0.1) is 0 Å². The Morgan fingerprint density at radius 1 is 1.62 bits per heavy atom. The molecule has 0 spiro atoms. The number of hydrogen-bond acceptors (Lipinski definition) is 4. The molecule has 2 heterocycles. The van der Waals surface area contributed by atoms with Crippen molar-refractivity contribution in [2.24, 2.45) is 5.92 Å². The first-order valence-electron chi connectivity index (χ1n) is 5.43. The quantitative estimate of drug-likeness (QED) is 0.577. The summed E-state index contributed by atoms with van der Waals surface area (Å²) < 4.78 is 6.95. The van der Waals surface area contributed by atoms with Gasteiger partial charge in [-0.3, -0.25) is 14.8 Å². The highest BCUT2D eigenvalue weighted by Crippen LogP contribution is 2.20. The summed E-state index contributed by atoms with van der Waals surface area (Å²) in [4.78, 5) is 10.3. The third-order valence-corrected chi connectivity index (χ3v) is 2.90. The van der Waals surface area contributed by atoms with Gasteiger partial charge in [-0.2, -0.15) is 5.10 Å². The highest BCUT2D eigenvalue weighted by molar-refractivity contribution is 5.30. The Hall–Kier alpha value is -1.43. The van der Waals surface area contributed by atoms with Gasteiger partial charge in [0.15, 0.2) is 0 Å². The maximum Gasteiger partial charge on any atom is 0.309 e. The van der Waals surface area contributed by atoms with Gasteiger partial charge in [-0.1, -0.05) is 0 Å². The van der Waals surface area contributed by atoms with Crippen LogP contribution < -0.4 is 0 Å². The molecule has 0 aromatic carbocycles. The predicted octanol–water partition coefficient (Wildman–Crippen LogP) is 1.53. The molecule has 0 saturated carbocycles. The topological polar surface area (TPSA) is 70.2 Å². The summed E-state index contributed by atoms with van der Waals surface area (Å²) in [6.07, 6.45) is 3.53. The lowest BCUT2D eigenvalue weighted by atomic mass is 10.0. The Morgan fingerprint density at radius 2 is 2.31 bits per heavy atom. The fraction of sp³-hybridized carbons (Fsp3) is 0.700. The molecular formula is C10H15N3O3. The van der Waals surface area contributed by atoms with Crippen molar-refractivity contribution in [2.45, 2.75) is 26.3 Å². The van der Waals surface area contributed by atoms with Crippen molar-refractivity contribution >= 4 is 5.69 Å². The van der Waals surface area contributed by atoms with Crippen LogP contribution in [0.4, 0.5) is 5.69 Å². The molecule has 1 aromatic heterocycles. The van der Waals surface area contributed by atoms with Gasteiger partial charge in [0.05, 0.1) is 4.92 Å². The van der Waals surface area contributed by atoms with Crippen LogP contribution in [-0.2, 0) is 11.3 Å². The van der Waals surface area contributed by atoms with E-state index in [9.17, 15) is 10.1 Å². The second-order valence-corrected chi connectivity index (χ2v) is 4.13. The molecule has 1 aliphatic rings. The fourth-order valence-electron chi connectivity index (χ4n) is 1.97. The molecule has 1 saturated heterocycles. The van der Waals surface area contributed by atoms with Crippen molar-refractivity contribution in [3.63, 3.8) is 0 Å². The standard InChI is InChI=1S/C10H15N3O3/c1-8-10(13(14)15)7-12(11-8)6-9-2-4-16-5-3-9/h7,9H,2-6H2,1H3. The van der Waals surface area contributed by atoms with Crippen LogP contribution >= 0.6 is 0 Å². The van der Waals surface area contributed by atoms with E-state index in [0.717, 1.165) is 32.6 Å². The van der Waals surface area contributed by atoms with E-state index in [1.807, 2.05) is 0 Å². The third-order valence-electron chi connectivity index (χ3n) is 2.90. The Morgan fingerprint density at radius 3 is 2.88 bits per heavy atom. The average molecular weight is 225 g/mol. The van der Waals surface area contributed by atoms with Gasteiger partial charge in [0.25, 0.3) is 0 Å². The van der Waals surface area contributed by atoms with Crippen LogP contribution in [0.1, 0.15) is 18.5 Å². The van der Waals surface area contributed by atoms with Crippen molar-refractivity contribution in [1.29, 1.82) is 0 Å². The van der Waals surface area contributed by atoms with Gasteiger partial charge in [0.2, 0.25) is 0 Å². The molecule has 0 atom stereocenters. The van der Waals surface area contributed by atoms with Crippen LogP contribution in [0.5, 0.6) is 0 Å². The van der Waals surface area contributed by atoms with E-state index in [4.69, 9.17) is 4.74 Å². The molecule has 6 nitrogen and oxygen atoms in total. The van der Waals surface area contributed by atoms with Crippen molar-refractivity contribution in [2.75, 3.05) is 13.2 Å². The average Bonchev–Trinajstić information content (AvgIpc) is 2.61. The van der Waals surface area contributed by atoms with Gasteiger partial charge >= 0.3 is 5.69 Å². The smallest absolute Gasteiger partial charge is 0.309 e. The van der Waals surface area contributed by atoms with Crippen LogP contribution in [0.15, 0.2) is 6.20 Å². The lowest BCUT2D eigenvalue weighted by Gasteiger charge is -2.21. The van der Waals surface area contributed by atoms with Crippen molar-refractivity contribution in [3.05, 3.63) is 22.0 Å². The number of ether oxygens (including phenoxy) is 1. The number of nitro groups is 1. The molecule has 0 N–H and O–H groups in total. The van der Waals surface area contributed by atoms with E-state index in [0.29, 0.717) is 11.6 Å². The summed E-state index contributed by atoms with van der Waals surface area (Å²) in [5, 5.41) is 14.8. The maximum atomic E-state index is 10.7. The summed E-state index contributed by atoms with van der Waals surface area (Å²) in [6.45, 7) is 3.98. The first-order valence-corrected chi connectivity index (χ1v) is 5.43. The minimum absolute atomic E-state index is 0.104. The van der Waals surface area contributed by atoms with Crippen molar-refractivity contribution < 1.29 is 9.66 Å². The Balaban J connectivity index is 2.03. The minimum atomic E-state index is -0.386. The zero-order chi connectivity index (χ0) is 11.5. The molecule has 2 rings (SSSR count). The van der Waals surface area contributed by atoms with E-state index >= 15 is 0 Å². The lowest BCUT2D eigenvalue weighted by Crippen LogP contribution is -2.20. The van der Waals surface area contributed by atoms with Gasteiger partial charge in [-0.05, 0) is 25.7 Å². The lowest BCUT2D eigenvalue weighted by molar-refractivity contribution is -0.385. The predicted molar refractivity (Wildman–Crippen MR) is 57.2 cm³/mol. The summed E-state index contributed by atoms with van der Waals surface area (Å²) in [5.74, 6) is 0.521. The molecule has 1 aliphatic heterocycles. The molecular weight excluding hydrogens is 210 g/mol. The largest absolute Gasteiger partial charge is 0.381 e. The van der Waals surface area contributed by atoms with Crippen LogP contribution in [0.2, 0.25) is 0 Å². The molecule has 88 valence electrons. The van der Waals surface area contributed by atoms with Crippen molar-refractivity contribution in [3.8, 4) is 0 Å². The first-order chi connectivity index (χ1) is 7.66. The minimum Gasteiger partial charge on any atom is -0.381 e. The van der Waals surface area contributed by atoms with E-state index in [-0.39, 0.29) is 10.6 Å². The van der Waals surface area contributed by atoms with Crippen molar-refractivity contribution in [1.82, 2.24) is 9.78 Å². The first kappa shape index (κ1) is 11.1. The highest BCUT2D eigenvalue weighted by atomic mass is 16.6. The number of hydrogen-bond donors (Lipinski definition) is 0. The number of aromatic nitrogens is 2. The van der Waals surface area contributed by atoms with Gasteiger partial charge < -0.3 is 4.74 Å². The Kier molecular flexibility index (Phi) is 3.19. The summed E-state index contributed by atoms with van der Waals surface area (Å²) in [7, 11) is 0. The Bertz CT molecular complexity index is 383. The van der Waals surface area contributed by atoms with E-state index in [1.54, 1.807) is 11.6 Å². The SMILES string of the molecule is Cc1nn(CC2CCOCC2)cc1[N+](=O)[O-]. The van der Waals surface area contributed by atoms with Crippen LogP contribution in [0.3, 0.4) is 0 Å². The van der Waals surface area contributed by atoms with Gasteiger partial charge in [-0.25, -0.2) is 0 Å². The zero-order valence-electron chi connectivity index (χ0n) is 9.26. The Labute approximate surface area is 93.4 Å². The van der Waals surface area contributed by atoms with Crippen LogP contribution in [0.25, 0.3) is 0 Å². The normalized spacial score (nSPS) is 17.6. The van der Waals surface area contributed by atoms with Gasteiger partial charge in [0, 0.05) is 19.8 Å². The summed E-state index contributed by atoms with van der Waals surface area (Å²) in [5.41, 5.74) is 0.587. The highest BCUT2D eigenvalue weighted by Gasteiger charge is 2.19. The van der Waals surface area contributed by atoms with Gasteiger partial charge in [0.1, 0.15) is 11.9 Å². The number of rotatable bonds is 3. The van der Waals surface area contributed by atoms with E-state index in [2.05, 4.69) is 5.10 Å². The molecule has 1 fully saturated rings. The molecule has 0 bridgehead atoms. The van der Waals surface area contributed by atoms with E-state index < -0.39 is 0 Å². The monoisotopic (exact) mass is 225 g/mol. The second-order valence-electron chi connectivity index (χ2n) is 4.13. The molecule has 0 radical (unpaired) electrons. The zero-order valence-corrected chi connectivity index (χ0v) is 9.26. The summed E-state index contributed by atoms with van der Waals surface area (Å²) in [6, 6.07) is 0. The second kappa shape index (κ2) is 4.61. The molecule has 0 amide bonds. The molecule has 0 unspecified atom stereocenters. The molecule has 1 aromatic rings. The maximum absolute atomic E-state index is 10.7. The third kappa shape index (κ3) is 2.38. The molecule has 0 aliphatic carbocycles.